The van der Waals surface area contributed by atoms with E-state index in [-0.39, 0.29) is 0 Å². The molecule has 1 aliphatic carbocycles. The van der Waals surface area contributed by atoms with Crippen molar-refractivity contribution in [1.82, 2.24) is 15.1 Å². The van der Waals surface area contributed by atoms with Crippen molar-refractivity contribution in [3.8, 4) is 11.5 Å². The van der Waals surface area contributed by atoms with Crippen molar-refractivity contribution in [2.75, 3.05) is 6.54 Å². The minimum atomic E-state index is 0.375. The summed E-state index contributed by atoms with van der Waals surface area (Å²) in [4.78, 5) is 9.00. The van der Waals surface area contributed by atoms with E-state index < -0.39 is 0 Å². The van der Waals surface area contributed by atoms with Crippen LogP contribution in [0.2, 0.25) is 0 Å². The molecule has 1 aliphatic rings. The molecule has 5 heteroatoms. The third-order valence-corrected chi connectivity index (χ3v) is 4.40. The molecule has 0 spiro atoms. The minimum absolute atomic E-state index is 0.375. The highest BCUT2D eigenvalue weighted by Crippen LogP contribution is 2.35. The number of aromatic nitrogens is 3. The quantitative estimate of drug-likeness (QED) is 0.938. The molecule has 2 N–H and O–H groups in total. The highest BCUT2D eigenvalue weighted by atomic mass is 16.5. The van der Waals surface area contributed by atoms with E-state index in [0.717, 1.165) is 54.9 Å². The summed E-state index contributed by atoms with van der Waals surface area (Å²) in [5.41, 5.74) is 8.76. The molecule has 2 aromatic rings. The fourth-order valence-electron chi connectivity index (χ4n) is 3.09. The summed E-state index contributed by atoms with van der Waals surface area (Å²) in [6.07, 6.45) is 6.32. The molecule has 1 fully saturated rings. The second-order valence-electron chi connectivity index (χ2n) is 6.09. The van der Waals surface area contributed by atoms with Crippen molar-refractivity contribution in [3.05, 3.63) is 29.3 Å². The lowest BCUT2D eigenvalue weighted by molar-refractivity contribution is 0.275. The molecule has 0 aliphatic heterocycles. The number of hydrogen-bond acceptors (Lipinski definition) is 5. The predicted octanol–water partition coefficient (Wildman–Crippen LogP) is 2.98. The SMILES string of the molecule is Cc1cnc(-c2noc(C3CCC(CN)CC3)n2)c(C)c1. The van der Waals surface area contributed by atoms with Crippen LogP contribution in [0.5, 0.6) is 0 Å². The molecule has 2 heterocycles. The van der Waals surface area contributed by atoms with E-state index in [9.17, 15) is 0 Å². The van der Waals surface area contributed by atoms with Crippen molar-refractivity contribution in [2.45, 2.75) is 45.4 Å². The Morgan fingerprint density at radius 3 is 2.67 bits per heavy atom. The number of pyridine rings is 1. The first-order valence-corrected chi connectivity index (χ1v) is 7.64. The van der Waals surface area contributed by atoms with Gasteiger partial charge in [-0.3, -0.25) is 4.98 Å². The molecule has 1 saturated carbocycles. The average Bonchev–Trinajstić information content (AvgIpc) is 2.97. The number of rotatable bonds is 3. The van der Waals surface area contributed by atoms with E-state index in [1.54, 1.807) is 0 Å². The first kappa shape index (κ1) is 14.2. The molecule has 112 valence electrons. The van der Waals surface area contributed by atoms with Crippen LogP contribution in [0.3, 0.4) is 0 Å². The van der Waals surface area contributed by atoms with E-state index in [4.69, 9.17) is 10.3 Å². The topological polar surface area (TPSA) is 77.8 Å². The Morgan fingerprint density at radius 2 is 2.00 bits per heavy atom. The molecule has 2 aromatic heterocycles. The predicted molar refractivity (Wildman–Crippen MR) is 80.8 cm³/mol. The molecule has 5 nitrogen and oxygen atoms in total. The van der Waals surface area contributed by atoms with Gasteiger partial charge in [-0.2, -0.15) is 4.98 Å². The van der Waals surface area contributed by atoms with E-state index in [1.165, 1.54) is 0 Å². The van der Waals surface area contributed by atoms with E-state index in [2.05, 4.69) is 21.2 Å². The first-order valence-electron chi connectivity index (χ1n) is 7.64. The van der Waals surface area contributed by atoms with Crippen LogP contribution in [0, 0.1) is 19.8 Å². The zero-order chi connectivity index (χ0) is 14.8. The monoisotopic (exact) mass is 286 g/mol. The van der Waals surface area contributed by atoms with Gasteiger partial charge in [0.05, 0.1) is 0 Å². The molecule has 0 unspecified atom stereocenters. The largest absolute Gasteiger partial charge is 0.339 e. The lowest BCUT2D eigenvalue weighted by Gasteiger charge is -2.24. The number of nitrogens with two attached hydrogens (primary N) is 1. The molecule has 0 atom stereocenters. The molecule has 0 amide bonds. The van der Waals surface area contributed by atoms with Crippen molar-refractivity contribution in [1.29, 1.82) is 0 Å². The Bertz CT molecular complexity index is 614. The van der Waals surface area contributed by atoms with Crippen molar-refractivity contribution in [2.24, 2.45) is 11.7 Å². The van der Waals surface area contributed by atoms with Crippen molar-refractivity contribution >= 4 is 0 Å². The molecule has 3 rings (SSSR count). The van der Waals surface area contributed by atoms with E-state index in [1.807, 2.05) is 20.0 Å². The standard InChI is InChI=1S/C16H22N4O/c1-10-7-11(2)14(18-9-10)15-19-16(21-20-15)13-5-3-12(8-17)4-6-13/h7,9,12-13H,3-6,8,17H2,1-2H3. The van der Waals surface area contributed by atoms with Gasteiger partial charge in [-0.15, -0.1) is 0 Å². The Kier molecular flexibility index (Phi) is 4.01. The minimum Gasteiger partial charge on any atom is -0.339 e. The molecular weight excluding hydrogens is 264 g/mol. The Labute approximate surface area is 125 Å². The maximum atomic E-state index is 5.74. The van der Waals surface area contributed by atoms with Crippen LogP contribution in [0.15, 0.2) is 16.8 Å². The highest BCUT2D eigenvalue weighted by molar-refractivity contribution is 5.54. The summed E-state index contributed by atoms with van der Waals surface area (Å²) in [5.74, 6) is 2.38. The molecular formula is C16H22N4O. The summed E-state index contributed by atoms with van der Waals surface area (Å²) < 4.78 is 5.48. The molecule has 0 aromatic carbocycles. The second kappa shape index (κ2) is 5.93. The van der Waals surface area contributed by atoms with Crippen LogP contribution in [-0.2, 0) is 0 Å². The van der Waals surface area contributed by atoms with Gasteiger partial charge < -0.3 is 10.3 Å². The summed E-state index contributed by atoms with van der Waals surface area (Å²) in [5, 5.41) is 4.12. The maximum absolute atomic E-state index is 5.74. The van der Waals surface area contributed by atoms with Crippen LogP contribution in [0.1, 0.15) is 48.6 Å². The lowest BCUT2D eigenvalue weighted by atomic mass is 9.82. The van der Waals surface area contributed by atoms with Gasteiger partial charge in [0.25, 0.3) is 0 Å². The third kappa shape index (κ3) is 2.97. The van der Waals surface area contributed by atoms with Crippen molar-refractivity contribution in [3.63, 3.8) is 0 Å². The molecule has 0 saturated heterocycles. The third-order valence-electron chi connectivity index (χ3n) is 4.40. The van der Waals surface area contributed by atoms with Gasteiger partial charge in [-0.25, -0.2) is 0 Å². The highest BCUT2D eigenvalue weighted by Gasteiger charge is 2.26. The lowest BCUT2D eigenvalue weighted by Crippen LogP contribution is -2.20. The summed E-state index contributed by atoms with van der Waals surface area (Å²) in [7, 11) is 0. The Morgan fingerprint density at radius 1 is 1.24 bits per heavy atom. The van der Waals surface area contributed by atoms with Crippen LogP contribution in [-0.4, -0.2) is 21.7 Å². The van der Waals surface area contributed by atoms with Gasteiger partial charge in [0.15, 0.2) is 0 Å². The van der Waals surface area contributed by atoms with Gasteiger partial charge in [0.1, 0.15) is 5.69 Å². The van der Waals surface area contributed by atoms with Crippen LogP contribution in [0.25, 0.3) is 11.5 Å². The second-order valence-corrected chi connectivity index (χ2v) is 6.09. The van der Waals surface area contributed by atoms with Gasteiger partial charge in [-0.05, 0) is 63.1 Å². The fraction of sp³-hybridized carbons (Fsp3) is 0.562. The van der Waals surface area contributed by atoms with Gasteiger partial charge >= 0.3 is 0 Å². The van der Waals surface area contributed by atoms with Crippen LogP contribution in [0.4, 0.5) is 0 Å². The van der Waals surface area contributed by atoms with E-state index >= 15 is 0 Å². The molecule has 21 heavy (non-hydrogen) atoms. The Hall–Kier alpha value is -1.75. The fourth-order valence-corrected chi connectivity index (χ4v) is 3.09. The van der Waals surface area contributed by atoms with Crippen molar-refractivity contribution < 1.29 is 4.52 Å². The summed E-state index contributed by atoms with van der Waals surface area (Å²) in [6, 6.07) is 2.09. The zero-order valence-corrected chi connectivity index (χ0v) is 12.7. The van der Waals surface area contributed by atoms with Gasteiger partial charge in [-0.1, -0.05) is 11.2 Å². The first-order chi connectivity index (χ1) is 10.2. The van der Waals surface area contributed by atoms with Crippen LogP contribution < -0.4 is 5.73 Å². The van der Waals surface area contributed by atoms with Crippen LogP contribution >= 0.6 is 0 Å². The summed E-state index contributed by atoms with van der Waals surface area (Å²) >= 11 is 0. The average molecular weight is 286 g/mol. The number of hydrogen-bond donors (Lipinski definition) is 1. The van der Waals surface area contributed by atoms with Gasteiger partial charge in [0, 0.05) is 12.1 Å². The summed E-state index contributed by atoms with van der Waals surface area (Å²) in [6.45, 7) is 4.84. The Balaban J connectivity index is 1.77. The zero-order valence-electron chi connectivity index (χ0n) is 12.7. The smallest absolute Gasteiger partial charge is 0.230 e. The molecule has 0 bridgehead atoms. The number of nitrogens with zero attached hydrogens (tertiary/aromatic N) is 3. The number of aryl methyl sites for hydroxylation is 2. The molecule has 0 radical (unpaired) electrons. The maximum Gasteiger partial charge on any atom is 0.230 e. The van der Waals surface area contributed by atoms with E-state index in [0.29, 0.717) is 17.7 Å². The normalized spacial score (nSPS) is 22.4. The van der Waals surface area contributed by atoms with Gasteiger partial charge in [0.2, 0.25) is 11.7 Å².